The molecule has 0 aromatic heterocycles. The summed E-state index contributed by atoms with van der Waals surface area (Å²) in [7, 11) is 0. The highest BCUT2D eigenvalue weighted by atomic mass is 19.3. The number of halogens is 2. The van der Waals surface area contributed by atoms with E-state index >= 15 is 0 Å². The minimum absolute atomic E-state index is 0.232. The third kappa shape index (κ3) is 1.72. The Bertz CT molecular complexity index is 409. The van der Waals surface area contributed by atoms with Crippen LogP contribution in [0.25, 0.3) is 0 Å². The summed E-state index contributed by atoms with van der Waals surface area (Å²) in [6.07, 6.45) is 1.77. The van der Waals surface area contributed by atoms with Gasteiger partial charge >= 0.3 is 11.9 Å². The molecule has 0 spiro atoms. The summed E-state index contributed by atoms with van der Waals surface area (Å²) in [4.78, 5) is 10.8. The Morgan fingerprint density at radius 3 is 2.18 bits per heavy atom. The van der Waals surface area contributed by atoms with Crippen molar-refractivity contribution < 1.29 is 18.7 Å². The molecule has 0 saturated heterocycles. The van der Waals surface area contributed by atoms with Gasteiger partial charge in [0.2, 0.25) is 0 Å². The molecule has 0 aliphatic heterocycles. The number of aliphatic carboxylic acids is 1. The summed E-state index contributed by atoms with van der Waals surface area (Å²) < 4.78 is 28.0. The SMILES string of the molecule is O=C(O)C(F)(F)C1(c2ccccc2)CCCC1. The van der Waals surface area contributed by atoms with Crippen LogP contribution >= 0.6 is 0 Å². The molecular formula is C13H14F2O2. The molecule has 1 saturated carbocycles. The zero-order valence-corrected chi connectivity index (χ0v) is 9.33. The minimum Gasteiger partial charge on any atom is -0.477 e. The standard InChI is InChI=1S/C13H14F2O2/c14-13(15,11(16)17)12(8-4-5-9-12)10-6-2-1-3-7-10/h1-3,6-7H,4-5,8-9H2,(H,16,17). The Morgan fingerprint density at radius 2 is 1.71 bits per heavy atom. The Kier molecular flexibility index (Phi) is 2.89. The molecule has 17 heavy (non-hydrogen) atoms. The largest absolute Gasteiger partial charge is 0.477 e. The van der Waals surface area contributed by atoms with Crippen LogP contribution in [-0.4, -0.2) is 17.0 Å². The highest BCUT2D eigenvalue weighted by Gasteiger charge is 2.60. The molecule has 0 heterocycles. The molecule has 4 heteroatoms. The number of carbonyl (C=O) groups is 1. The number of alkyl halides is 2. The average Bonchev–Trinajstić information content (AvgIpc) is 2.80. The molecule has 2 nitrogen and oxygen atoms in total. The third-order valence-electron chi connectivity index (χ3n) is 3.65. The molecule has 0 bridgehead atoms. The van der Waals surface area contributed by atoms with E-state index in [2.05, 4.69) is 0 Å². The van der Waals surface area contributed by atoms with Crippen LogP contribution in [0.3, 0.4) is 0 Å². The highest BCUT2D eigenvalue weighted by molar-refractivity contribution is 5.78. The van der Waals surface area contributed by atoms with Gasteiger partial charge in [0, 0.05) is 0 Å². The smallest absolute Gasteiger partial charge is 0.375 e. The second kappa shape index (κ2) is 4.09. The maximum atomic E-state index is 14.0. The molecule has 1 N–H and O–H groups in total. The van der Waals surface area contributed by atoms with Gasteiger partial charge in [-0.25, -0.2) is 4.79 Å². The molecule has 0 amide bonds. The molecule has 0 atom stereocenters. The second-order valence-electron chi connectivity index (χ2n) is 4.53. The Balaban J connectivity index is 2.51. The Labute approximate surface area is 98.3 Å². The van der Waals surface area contributed by atoms with Crippen LogP contribution in [-0.2, 0) is 10.2 Å². The van der Waals surface area contributed by atoms with E-state index in [4.69, 9.17) is 5.11 Å². The van der Waals surface area contributed by atoms with Crippen LogP contribution in [0.2, 0.25) is 0 Å². The predicted octanol–water partition coefficient (Wildman–Crippen LogP) is 3.22. The molecule has 0 unspecified atom stereocenters. The van der Waals surface area contributed by atoms with Crippen molar-refractivity contribution >= 4 is 5.97 Å². The molecule has 1 aliphatic carbocycles. The third-order valence-corrected chi connectivity index (χ3v) is 3.65. The van der Waals surface area contributed by atoms with Crippen LogP contribution in [0.5, 0.6) is 0 Å². The number of benzene rings is 1. The summed E-state index contributed by atoms with van der Waals surface area (Å²) in [6, 6.07) is 8.29. The molecule has 0 radical (unpaired) electrons. The van der Waals surface area contributed by atoms with Crippen LogP contribution in [0.1, 0.15) is 31.2 Å². The van der Waals surface area contributed by atoms with Crippen LogP contribution in [0, 0.1) is 0 Å². The van der Waals surface area contributed by atoms with Gasteiger partial charge in [-0.1, -0.05) is 43.2 Å². The van der Waals surface area contributed by atoms with Crippen molar-refractivity contribution in [2.75, 3.05) is 0 Å². The molecular weight excluding hydrogens is 226 g/mol. The fourth-order valence-electron chi connectivity index (χ4n) is 2.72. The van der Waals surface area contributed by atoms with Crippen molar-refractivity contribution in [3.05, 3.63) is 35.9 Å². The van der Waals surface area contributed by atoms with Crippen molar-refractivity contribution in [3.8, 4) is 0 Å². The number of hydrogen-bond donors (Lipinski definition) is 1. The van der Waals surface area contributed by atoms with Gasteiger partial charge in [0.1, 0.15) is 0 Å². The number of rotatable bonds is 3. The predicted molar refractivity (Wildman–Crippen MR) is 59.2 cm³/mol. The maximum absolute atomic E-state index is 14.0. The lowest BCUT2D eigenvalue weighted by Crippen LogP contribution is -2.49. The van der Waals surface area contributed by atoms with E-state index < -0.39 is 17.3 Å². The molecule has 1 aromatic carbocycles. The highest BCUT2D eigenvalue weighted by Crippen LogP contribution is 2.51. The first-order chi connectivity index (χ1) is 8.01. The number of carboxylic acids is 1. The topological polar surface area (TPSA) is 37.3 Å². The second-order valence-corrected chi connectivity index (χ2v) is 4.53. The molecule has 2 rings (SSSR count). The lowest BCUT2D eigenvalue weighted by molar-refractivity contribution is -0.177. The van der Waals surface area contributed by atoms with Gasteiger partial charge in [-0.2, -0.15) is 8.78 Å². The molecule has 1 fully saturated rings. The molecule has 92 valence electrons. The van der Waals surface area contributed by atoms with Gasteiger partial charge in [0.25, 0.3) is 0 Å². The van der Waals surface area contributed by atoms with Gasteiger partial charge in [0.05, 0.1) is 5.41 Å². The van der Waals surface area contributed by atoms with E-state index in [1.807, 2.05) is 0 Å². The fraction of sp³-hybridized carbons (Fsp3) is 0.462. The Hall–Kier alpha value is -1.45. The van der Waals surface area contributed by atoms with E-state index in [9.17, 15) is 13.6 Å². The summed E-state index contributed by atoms with van der Waals surface area (Å²) in [6.45, 7) is 0. The zero-order chi connectivity index (χ0) is 12.5. The zero-order valence-electron chi connectivity index (χ0n) is 9.33. The van der Waals surface area contributed by atoms with Gasteiger partial charge < -0.3 is 5.11 Å². The van der Waals surface area contributed by atoms with E-state index in [-0.39, 0.29) is 12.8 Å². The van der Waals surface area contributed by atoms with E-state index in [0.717, 1.165) is 0 Å². The lowest BCUT2D eigenvalue weighted by Gasteiger charge is -2.34. The number of hydrogen-bond acceptors (Lipinski definition) is 1. The average molecular weight is 240 g/mol. The van der Waals surface area contributed by atoms with Gasteiger partial charge in [-0.15, -0.1) is 0 Å². The van der Waals surface area contributed by atoms with E-state index in [1.165, 1.54) is 0 Å². The van der Waals surface area contributed by atoms with Crippen molar-refractivity contribution in [1.29, 1.82) is 0 Å². The fourth-order valence-corrected chi connectivity index (χ4v) is 2.72. The Morgan fingerprint density at radius 1 is 1.18 bits per heavy atom. The van der Waals surface area contributed by atoms with Gasteiger partial charge in [0.15, 0.2) is 0 Å². The lowest BCUT2D eigenvalue weighted by atomic mass is 9.73. The van der Waals surface area contributed by atoms with Crippen molar-refractivity contribution in [3.63, 3.8) is 0 Å². The molecule has 1 aromatic rings. The van der Waals surface area contributed by atoms with Crippen LogP contribution < -0.4 is 0 Å². The van der Waals surface area contributed by atoms with Crippen molar-refractivity contribution in [1.82, 2.24) is 0 Å². The first-order valence-corrected chi connectivity index (χ1v) is 5.67. The molecule has 1 aliphatic rings. The number of carboxylic acid groups (broad SMARTS) is 1. The minimum atomic E-state index is -3.70. The summed E-state index contributed by atoms with van der Waals surface area (Å²) in [5, 5.41) is 8.78. The van der Waals surface area contributed by atoms with Crippen LogP contribution in [0.4, 0.5) is 8.78 Å². The van der Waals surface area contributed by atoms with Crippen molar-refractivity contribution in [2.24, 2.45) is 0 Å². The quantitative estimate of drug-likeness (QED) is 0.880. The summed E-state index contributed by atoms with van der Waals surface area (Å²) >= 11 is 0. The monoisotopic (exact) mass is 240 g/mol. The normalized spacial score (nSPS) is 19.2. The van der Waals surface area contributed by atoms with E-state index in [0.29, 0.717) is 18.4 Å². The van der Waals surface area contributed by atoms with Gasteiger partial charge in [-0.3, -0.25) is 0 Å². The summed E-state index contributed by atoms with van der Waals surface area (Å²) in [5.41, 5.74) is -1.09. The van der Waals surface area contributed by atoms with Crippen molar-refractivity contribution in [2.45, 2.75) is 37.0 Å². The van der Waals surface area contributed by atoms with Gasteiger partial charge in [-0.05, 0) is 18.4 Å². The maximum Gasteiger partial charge on any atom is 0.375 e. The summed E-state index contributed by atoms with van der Waals surface area (Å²) in [5.74, 6) is -5.73. The first kappa shape index (κ1) is 12.0. The van der Waals surface area contributed by atoms with Crippen LogP contribution in [0.15, 0.2) is 30.3 Å². The first-order valence-electron chi connectivity index (χ1n) is 5.67. The van der Waals surface area contributed by atoms with E-state index in [1.54, 1.807) is 30.3 Å².